The third-order valence-electron chi connectivity index (χ3n) is 6.51. The zero-order chi connectivity index (χ0) is 35.6. The van der Waals surface area contributed by atoms with E-state index < -0.39 is 46.1 Å². The summed E-state index contributed by atoms with van der Waals surface area (Å²) in [5.41, 5.74) is 5.73. The Bertz CT molecular complexity index is 1940. The van der Waals surface area contributed by atoms with Crippen molar-refractivity contribution in [3.63, 3.8) is 0 Å². The lowest BCUT2D eigenvalue weighted by Gasteiger charge is -2.38. The standard InChI is InChI=1S/C18H15ClF3N5O6S2.C8H8F3NO/c1-9-13(19)14(28)23-16-27(9)24-17(34-16)25-6-7-26(12(8-25)15(29)30)35(31,32)11-4-2-10(3-5-11)33-18(20,21)22;9-8(10,11)13-7-3-1-6(5-12)2-4-7/h2-5,12H,6-8H2,1H3,(H,29,30);1-4H,5,12H2/t12-;/m1./s1. The Morgan fingerprint density at radius 2 is 1.56 bits per heavy atom. The Morgan fingerprint density at radius 1 is 1.02 bits per heavy atom. The minimum absolute atomic E-state index is 0.0513. The highest BCUT2D eigenvalue weighted by Gasteiger charge is 2.41. The number of carboxylic acid groups (broad SMARTS) is 1. The predicted molar refractivity (Wildman–Crippen MR) is 159 cm³/mol. The van der Waals surface area contributed by atoms with E-state index in [0.717, 1.165) is 45.5 Å². The number of sulfonamides is 1. The third-order valence-corrected chi connectivity index (χ3v) is 9.84. The van der Waals surface area contributed by atoms with Gasteiger partial charge in [-0.2, -0.15) is 9.29 Å². The summed E-state index contributed by atoms with van der Waals surface area (Å²) in [6.45, 7) is 1.39. The Labute approximate surface area is 275 Å². The largest absolute Gasteiger partial charge is 0.573 e. The van der Waals surface area contributed by atoms with Crippen LogP contribution < -0.4 is 25.7 Å². The summed E-state index contributed by atoms with van der Waals surface area (Å²) >= 11 is 6.93. The maximum absolute atomic E-state index is 13.1. The number of hydrogen-bond donors (Lipinski definition) is 2. The van der Waals surface area contributed by atoms with Gasteiger partial charge in [0.2, 0.25) is 20.1 Å². The van der Waals surface area contributed by atoms with Crippen LogP contribution in [0.1, 0.15) is 11.3 Å². The number of aromatic nitrogens is 3. The summed E-state index contributed by atoms with van der Waals surface area (Å²) in [7, 11) is -4.37. The first-order chi connectivity index (χ1) is 22.3. The van der Waals surface area contributed by atoms with E-state index in [9.17, 15) is 49.5 Å². The molecule has 1 saturated heterocycles. The highest BCUT2D eigenvalue weighted by Crippen LogP contribution is 2.30. The number of hydrogen-bond acceptors (Lipinski definition) is 11. The quantitative estimate of drug-likeness (QED) is 0.262. The molecule has 2 aromatic carbocycles. The Morgan fingerprint density at radius 3 is 2.06 bits per heavy atom. The third kappa shape index (κ3) is 8.83. The molecule has 5 rings (SSSR count). The molecule has 0 spiro atoms. The highest BCUT2D eigenvalue weighted by molar-refractivity contribution is 7.89. The summed E-state index contributed by atoms with van der Waals surface area (Å²) in [4.78, 5) is 29.0. The lowest BCUT2D eigenvalue weighted by molar-refractivity contribution is -0.275. The molecule has 22 heteroatoms. The van der Waals surface area contributed by atoms with Crippen LogP contribution >= 0.6 is 22.9 Å². The topological polar surface area (TPSA) is 170 Å². The summed E-state index contributed by atoms with van der Waals surface area (Å²) in [6.07, 6.45) is -9.58. The Kier molecular flexibility index (Phi) is 10.8. The van der Waals surface area contributed by atoms with Gasteiger partial charge >= 0.3 is 18.7 Å². The molecule has 13 nitrogen and oxygen atoms in total. The fourth-order valence-electron chi connectivity index (χ4n) is 4.28. The van der Waals surface area contributed by atoms with Crippen LogP contribution in [0.2, 0.25) is 5.02 Å². The number of nitrogens with two attached hydrogens (primary N) is 1. The number of halogens is 7. The zero-order valence-electron chi connectivity index (χ0n) is 24.2. The van der Waals surface area contributed by atoms with Crippen molar-refractivity contribution >= 4 is 49.0 Å². The number of carbonyl (C=O) groups is 1. The number of alkyl halides is 6. The van der Waals surface area contributed by atoms with Gasteiger partial charge in [0.25, 0.3) is 5.56 Å². The maximum Gasteiger partial charge on any atom is 0.573 e. The van der Waals surface area contributed by atoms with E-state index in [4.69, 9.17) is 17.3 Å². The van der Waals surface area contributed by atoms with Gasteiger partial charge in [-0.3, -0.25) is 9.59 Å². The SMILES string of the molecule is Cc1c(Cl)c(=O)nc2sc(N3CCN(S(=O)(=O)c4ccc(OC(F)(F)F)cc4)[C@@H](C(=O)O)C3)nn12.NCc1ccc(OC(F)(F)F)cc1. The molecule has 0 aliphatic carbocycles. The number of piperazine rings is 1. The molecule has 1 aliphatic rings. The number of rotatable bonds is 7. The number of aliphatic carboxylic acids is 1. The highest BCUT2D eigenvalue weighted by atomic mass is 35.5. The van der Waals surface area contributed by atoms with E-state index in [-0.39, 0.29) is 40.3 Å². The fraction of sp³-hybridized carbons (Fsp3) is 0.308. The first kappa shape index (κ1) is 36.7. The number of anilines is 1. The summed E-state index contributed by atoms with van der Waals surface area (Å²) in [5, 5.41) is 14.3. The molecule has 3 heterocycles. The number of aryl methyl sites for hydroxylation is 1. The van der Waals surface area contributed by atoms with Gasteiger partial charge in [-0.05, 0) is 48.9 Å². The molecule has 0 radical (unpaired) electrons. The molecular formula is C26H23ClF6N6O7S2. The van der Waals surface area contributed by atoms with Gasteiger partial charge in [0, 0.05) is 26.2 Å². The van der Waals surface area contributed by atoms with Crippen LogP contribution in [0, 0.1) is 6.92 Å². The van der Waals surface area contributed by atoms with Crippen molar-refractivity contribution < 1.29 is 54.1 Å². The van der Waals surface area contributed by atoms with Gasteiger partial charge in [0.1, 0.15) is 22.6 Å². The number of benzene rings is 2. The van der Waals surface area contributed by atoms with Crippen molar-refractivity contribution in [3.8, 4) is 11.5 Å². The first-order valence-corrected chi connectivity index (χ1v) is 15.9. The Balaban J connectivity index is 0.000000336. The average molecular weight is 745 g/mol. The number of fused-ring (bicyclic) bond motifs is 1. The fourth-order valence-corrected chi connectivity index (χ4v) is 6.94. The van der Waals surface area contributed by atoms with E-state index in [2.05, 4.69) is 19.6 Å². The van der Waals surface area contributed by atoms with Gasteiger partial charge in [0.15, 0.2) is 0 Å². The predicted octanol–water partition coefficient (Wildman–Crippen LogP) is 4.02. The number of ether oxygens (including phenoxy) is 2. The minimum Gasteiger partial charge on any atom is -0.480 e. The molecule has 1 atom stereocenters. The number of carboxylic acids is 1. The molecule has 1 aliphatic heterocycles. The second kappa shape index (κ2) is 14.1. The normalized spacial score (nSPS) is 15.9. The molecule has 1 fully saturated rings. The molecule has 3 N–H and O–H groups in total. The molecule has 2 aromatic heterocycles. The molecule has 0 bridgehead atoms. The van der Waals surface area contributed by atoms with Crippen LogP contribution in [0.4, 0.5) is 31.5 Å². The van der Waals surface area contributed by atoms with Gasteiger partial charge in [-0.25, -0.2) is 12.9 Å². The molecule has 48 heavy (non-hydrogen) atoms. The lowest BCUT2D eigenvalue weighted by atomic mass is 10.2. The van der Waals surface area contributed by atoms with Crippen LogP contribution in [-0.4, -0.2) is 76.8 Å². The van der Waals surface area contributed by atoms with Crippen molar-refractivity contribution in [2.45, 2.75) is 37.1 Å². The molecule has 0 unspecified atom stereocenters. The van der Waals surface area contributed by atoms with Crippen molar-refractivity contribution in [1.82, 2.24) is 18.9 Å². The second-order valence-corrected chi connectivity index (χ2v) is 12.9. The summed E-state index contributed by atoms with van der Waals surface area (Å²) in [5.74, 6) is -2.28. The zero-order valence-corrected chi connectivity index (χ0v) is 26.6. The van der Waals surface area contributed by atoms with E-state index in [1.807, 2.05) is 0 Å². The minimum atomic E-state index is -4.95. The van der Waals surface area contributed by atoms with E-state index >= 15 is 0 Å². The molecular weight excluding hydrogens is 722 g/mol. The van der Waals surface area contributed by atoms with Crippen molar-refractivity contribution in [1.29, 1.82) is 0 Å². The monoisotopic (exact) mass is 744 g/mol. The van der Waals surface area contributed by atoms with Gasteiger partial charge < -0.3 is 25.2 Å². The lowest BCUT2D eigenvalue weighted by Crippen LogP contribution is -2.58. The summed E-state index contributed by atoms with van der Waals surface area (Å²) < 4.78 is 108. The second-order valence-electron chi connectivity index (χ2n) is 9.73. The maximum atomic E-state index is 13.1. The molecule has 4 aromatic rings. The van der Waals surface area contributed by atoms with Gasteiger partial charge in [-0.15, -0.1) is 31.4 Å². The van der Waals surface area contributed by atoms with Crippen LogP contribution in [0.25, 0.3) is 4.96 Å². The van der Waals surface area contributed by atoms with E-state index in [1.165, 1.54) is 28.8 Å². The van der Waals surface area contributed by atoms with Crippen molar-refractivity contribution in [3.05, 3.63) is 75.2 Å². The number of nitrogens with zero attached hydrogens (tertiary/aromatic N) is 5. The first-order valence-electron chi connectivity index (χ1n) is 13.2. The van der Waals surface area contributed by atoms with Gasteiger partial charge in [-0.1, -0.05) is 35.1 Å². The molecule has 260 valence electrons. The van der Waals surface area contributed by atoms with E-state index in [1.54, 1.807) is 11.8 Å². The average Bonchev–Trinajstić information content (AvgIpc) is 3.43. The molecule has 0 amide bonds. The van der Waals surface area contributed by atoms with Gasteiger partial charge in [0.05, 0.1) is 10.6 Å². The summed E-state index contributed by atoms with van der Waals surface area (Å²) in [6, 6.07) is 7.39. The Hall–Kier alpha value is -4.18. The van der Waals surface area contributed by atoms with Crippen LogP contribution in [0.5, 0.6) is 11.5 Å². The van der Waals surface area contributed by atoms with Crippen LogP contribution in [0.15, 0.2) is 58.2 Å². The van der Waals surface area contributed by atoms with Crippen molar-refractivity contribution in [2.24, 2.45) is 5.73 Å². The van der Waals surface area contributed by atoms with E-state index in [0.29, 0.717) is 17.4 Å². The smallest absolute Gasteiger partial charge is 0.480 e. The van der Waals surface area contributed by atoms with Crippen LogP contribution in [0.3, 0.4) is 0 Å². The molecule has 0 saturated carbocycles. The van der Waals surface area contributed by atoms with Crippen molar-refractivity contribution in [2.75, 3.05) is 24.5 Å². The van der Waals surface area contributed by atoms with Crippen LogP contribution in [-0.2, 0) is 21.4 Å².